The van der Waals surface area contributed by atoms with E-state index >= 15 is 0 Å². The normalized spacial score (nSPS) is 14.5. The van der Waals surface area contributed by atoms with Gasteiger partial charge in [-0.05, 0) is 42.8 Å². The molecule has 0 atom stereocenters. The zero-order valence-corrected chi connectivity index (χ0v) is 20.0. The third-order valence-corrected chi connectivity index (χ3v) is 7.31. The van der Waals surface area contributed by atoms with Gasteiger partial charge >= 0.3 is 0 Å². The number of hydrogen-bond donors (Lipinski definition) is 0. The van der Waals surface area contributed by atoms with Gasteiger partial charge in [0.25, 0.3) is 0 Å². The molecule has 0 N–H and O–H groups in total. The second-order valence-electron chi connectivity index (χ2n) is 7.91. The number of piperazine rings is 1. The van der Waals surface area contributed by atoms with Gasteiger partial charge in [0.2, 0.25) is 5.91 Å². The second-order valence-corrected chi connectivity index (χ2v) is 10.6. The molecule has 0 saturated carbocycles. The first-order chi connectivity index (χ1) is 15.0. The average molecular weight is 456 g/mol. The monoisotopic (exact) mass is 455 g/mol. The number of carbonyl (C=O) groups is 1. The van der Waals surface area contributed by atoms with Gasteiger partial charge in [0.1, 0.15) is 5.75 Å². The lowest BCUT2D eigenvalue weighted by molar-refractivity contribution is -0.130. The van der Waals surface area contributed by atoms with Gasteiger partial charge in [-0.2, -0.15) is 0 Å². The molecule has 0 radical (unpaired) electrons. The fourth-order valence-corrected chi connectivity index (χ4v) is 5.56. The summed E-state index contributed by atoms with van der Waals surface area (Å²) in [7, 11) is 0. The van der Waals surface area contributed by atoms with Crippen LogP contribution in [0.4, 0.5) is 5.13 Å². The number of aromatic nitrogens is 1. The smallest absolute Gasteiger partial charge is 0.227 e. The predicted molar refractivity (Wildman–Crippen MR) is 131 cm³/mol. The van der Waals surface area contributed by atoms with Crippen LogP contribution in [0.3, 0.4) is 0 Å². The standard InChI is InChI=1S/C24H29N3O2S2/c1-4-29-19-7-10-21-22(16-19)31-24(25-21)27-13-11-26(12-14-27)23(28)15-18-5-8-20(9-6-18)30-17(2)3/h5-10,16-17H,4,11-15H2,1-3H3. The molecule has 0 unspecified atom stereocenters. The Morgan fingerprint density at radius 1 is 1.13 bits per heavy atom. The van der Waals surface area contributed by atoms with E-state index in [0.717, 1.165) is 52.8 Å². The van der Waals surface area contributed by atoms with Crippen LogP contribution in [-0.2, 0) is 11.2 Å². The van der Waals surface area contributed by atoms with E-state index in [2.05, 4.69) is 49.1 Å². The largest absolute Gasteiger partial charge is 0.494 e. The van der Waals surface area contributed by atoms with E-state index in [9.17, 15) is 4.79 Å². The number of thiazole rings is 1. The van der Waals surface area contributed by atoms with Crippen LogP contribution in [0.1, 0.15) is 26.3 Å². The minimum Gasteiger partial charge on any atom is -0.494 e. The number of ether oxygens (including phenoxy) is 1. The Morgan fingerprint density at radius 3 is 2.55 bits per heavy atom. The van der Waals surface area contributed by atoms with Gasteiger partial charge in [0.15, 0.2) is 5.13 Å². The summed E-state index contributed by atoms with van der Waals surface area (Å²) in [6.07, 6.45) is 0.466. The molecule has 2 heterocycles. The maximum Gasteiger partial charge on any atom is 0.227 e. The first kappa shape index (κ1) is 22.0. The van der Waals surface area contributed by atoms with Gasteiger partial charge in [-0.25, -0.2) is 4.98 Å². The fourth-order valence-electron chi connectivity index (χ4n) is 3.68. The van der Waals surface area contributed by atoms with Crippen LogP contribution >= 0.6 is 23.1 Å². The van der Waals surface area contributed by atoms with E-state index in [1.165, 1.54) is 4.90 Å². The summed E-state index contributed by atoms with van der Waals surface area (Å²) in [4.78, 5) is 23.1. The molecule has 1 saturated heterocycles. The van der Waals surface area contributed by atoms with E-state index in [4.69, 9.17) is 9.72 Å². The third kappa shape index (κ3) is 5.52. The van der Waals surface area contributed by atoms with Crippen molar-refractivity contribution in [2.45, 2.75) is 37.3 Å². The molecular weight excluding hydrogens is 426 g/mol. The van der Waals surface area contributed by atoms with Gasteiger partial charge in [-0.3, -0.25) is 4.79 Å². The van der Waals surface area contributed by atoms with Crippen LogP contribution in [0.25, 0.3) is 10.2 Å². The third-order valence-electron chi connectivity index (χ3n) is 5.21. The van der Waals surface area contributed by atoms with Gasteiger partial charge in [0.05, 0.1) is 23.2 Å². The predicted octanol–water partition coefficient (Wildman–Crippen LogP) is 5.09. The zero-order chi connectivity index (χ0) is 21.8. The summed E-state index contributed by atoms with van der Waals surface area (Å²) < 4.78 is 6.74. The maximum atomic E-state index is 12.8. The Hall–Kier alpha value is -2.25. The van der Waals surface area contributed by atoms with Crippen molar-refractivity contribution >= 4 is 44.4 Å². The molecule has 2 aromatic carbocycles. The van der Waals surface area contributed by atoms with Crippen molar-refractivity contribution in [2.75, 3.05) is 37.7 Å². The molecule has 4 rings (SSSR count). The van der Waals surface area contributed by atoms with Crippen molar-refractivity contribution in [1.82, 2.24) is 9.88 Å². The summed E-state index contributed by atoms with van der Waals surface area (Å²) in [5.41, 5.74) is 2.08. The number of benzene rings is 2. The number of hydrogen-bond acceptors (Lipinski definition) is 6. The molecule has 1 aliphatic rings. The summed E-state index contributed by atoms with van der Waals surface area (Å²) in [5.74, 6) is 1.09. The molecule has 31 heavy (non-hydrogen) atoms. The Labute approximate surface area is 192 Å². The van der Waals surface area contributed by atoms with E-state index in [1.807, 2.05) is 35.7 Å². The Kier molecular flexibility index (Phi) is 7.02. The molecule has 1 aromatic heterocycles. The van der Waals surface area contributed by atoms with Crippen LogP contribution in [0, 0.1) is 0 Å². The Bertz CT molecular complexity index is 1020. The summed E-state index contributed by atoms with van der Waals surface area (Å²) in [5, 5.41) is 1.58. The van der Waals surface area contributed by atoms with Crippen LogP contribution in [0.15, 0.2) is 47.4 Å². The number of carbonyl (C=O) groups excluding carboxylic acids is 1. The van der Waals surface area contributed by atoms with Gasteiger partial charge in [-0.1, -0.05) is 37.3 Å². The molecule has 0 spiro atoms. The van der Waals surface area contributed by atoms with Crippen molar-refractivity contribution in [3.63, 3.8) is 0 Å². The van der Waals surface area contributed by atoms with E-state index in [-0.39, 0.29) is 5.91 Å². The van der Waals surface area contributed by atoms with Gasteiger partial charge in [0, 0.05) is 36.3 Å². The quantitative estimate of drug-likeness (QED) is 0.465. The number of nitrogens with zero attached hydrogens (tertiary/aromatic N) is 3. The first-order valence-corrected chi connectivity index (χ1v) is 12.5. The molecule has 1 aliphatic heterocycles. The maximum absolute atomic E-state index is 12.8. The summed E-state index contributed by atoms with van der Waals surface area (Å²) >= 11 is 3.53. The molecule has 1 amide bonds. The molecule has 0 bridgehead atoms. The molecule has 3 aromatic rings. The van der Waals surface area contributed by atoms with Crippen molar-refractivity contribution in [3.05, 3.63) is 48.0 Å². The van der Waals surface area contributed by atoms with Crippen molar-refractivity contribution < 1.29 is 9.53 Å². The highest BCUT2D eigenvalue weighted by atomic mass is 32.2. The molecule has 0 aliphatic carbocycles. The topological polar surface area (TPSA) is 45.7 Å². The minimum atomic E-state index is 0.203. The van der Waals surface area contributed by atoms with Gasteiger partial charge < -0.3 is 14.5 Å². The minimum absolute atomic E-state index is 0.203. The highest BCUT2D eigenvalue weighted by Crippen LogP contribution is 2.32. The molecule has 7 heteroatoms. The SMILES string of the molecule is CCOc1ccc2nc(N3CCN(C(=O)Cc4ccc(SC(C)C)cc4)CC3)sc2c1. The molecule has 1 fully saturated rings. The van der Waals surface area contributed by atoms with Crippen LogP contribution in [-0.4, -0.2) is 53.8 Å². The van der Waals surface area contributed by atoms with Crippen LogP contribution in [0.2, 0.25) is 0 Å². The average Bonchev–Trinajstić information content (AvgIpc) is 3.18. The Balaban J connectivity index is 1.32. The number of amides is 1. The number of anilines is 1. The van der Waals surface area contributed by atoms with Gasteiger partial charge in [-0.15, -0.1) is 11.8 Å². The van der Waals surface area contributed by atoms with Crippen LogP contribution in [0.5, 0.6) is 5.75 Å². The molecular formula is C24H29N3O2S2. The highest BCUT2D eigenvalue weighted by molar-refractivity contribution is 7.99. The number of thioether (sulfide) groups is 1. The summed E-state index contributed by atoms with van der Waals surface area (Å²) in [6.45, 7) is 10.1. The van der Waals surface area contributed by atoms with E-state index < -0.39 is 0 Å². The molecule has 164 valence electrons. The number of rotatable bonds is 7. The van der Waals surface area contributed by atoms with E-state index in [1.54, 1.807) is 11.3 Å². The second kappa shape index (κ2) is 9.92. The van der Waals surface area contributed by atoms with Crippen molar-refractivity contribution in [1.29, 1.82) is 0 Å². The number of fused-ring (bicyclic) bond motifs is 1. The first-order valence-electron chi connectivity index (χ1n) is 10.8. The van der Waals surface area contributed by atoms with Crippen molar-refractivity contribution in [3.8, 4) is 5.75 Å². The lowest BCUT2D eigenvalue weighted by Gasteiger charge is -2.34. The Morgan fingerprint density at radius 2 is 1.87 bits per heavy atom. The van der Waals surface area contributed by atoms with E-state index in [0.29, 0.717) is 18.3 Å². The molecule has 5 nitrogen and oxygen atoms in total. The lowest BCUT2D eigenvalue weighted by Crippen LogP contribution is -2.49. The lowest BCUT2D eigenvalue weighted by atomic mass is 10.1. The summed E-state index contributed by atoms with van der Waals surface area (Å²) in [6, 6.07) is 14.5. The zero-order valence-electron chi connectivity index (χ0n) is 18.3. The van der Waals surface area contributed by atoms with Crippen LogP contribution < -0.4 is 9.64 Å². The van der Waals surface area contributed by atoms with Crippen molar-refractivity contribution in [2.24, 2.45) is 0 Å². The fraction of sp³-hybridized carbons (Fsp3) is 0.417. The highest BCUT2D eigenvalue weighted by Gasteiger charge is 2.23.